The molecule has 2 saturated heterocycles. The number of phosphoric ester groups is 1. The number of nitrogen functional groups attached to an aromatic ring is 1. The molecule has 0 amide bonds. The van der Waals surface area contributed by atoms with E-state index in [1.807, 2.05) is 0 Å². The summed E-state index contributed by atoms with van der Waals surface area (Å²) in [6.45, 7) is -1.57. The molecule has 0 aliphatic carbocycles. The van der Waals surface area contributed by atoms with Crippen LogP contribution in [0.2, 0.25) is 0 Å². The summed E-state index contributed by atoms with van der Waals surface area (Å²) in [6, 6.07) is 0. The SMILES string of the molecule is Nc1ncnc2c1ncn2[C@H]1O[C@@H](CO[C@@H]2[C@@H](O)[C@H](O)[C@@H](O[C@H](C(=O)O)[C@H](O)[C@H](OP(=O)(O)O)[C@H](O)C(=O)O)O[C@H]2CO)[C@H](O)[C@H]1O. The van der Waals surface area contributed by atoms with Gasteiger partial charge in [0.05, 0.1) is 19.5 Å². The molecule has 2 fully saturated rings. The molecular weight excluding hydrogens is 669 g/mol. The summed E-state index contributed by atoms with van der Waals surface area (Å²) in [5, 5.41) is 91.3. The van der Waals surface area contributed by atoms with Crippen LogP contribution >= 0.6 is 7.82 Å². The number of hydrogen-bond acceptors (Lipinski definition) is 19. The molecule has 264 valence electrons. The fourth-order valence-electron chi connectivity index (χ4n) is 4.94. The Hall–Kier alpha value is -3.04. The lowest BCUT2D eigenvalue weighted by atomic mass is 9.98. The van der Waals surface area contributed by atoms with Crippen LogP contribution in [0.1, 0.15) is 6.23 Å². The van der Waals surface area contributed by atoms with Gasteiger partial charge in [-0.2, -0.15) is 0 Å². The summed E-state index contributed by atoms with van der Waals surface area (Å²) in [4.78, 5) is 53.1. The minimum absolute atomic E-state index is 0.0418. The largest absolute Gasteiger partial charge is 0.479 e. The lowest BCUT2D eigenvalue weighted by Gasteiger charge is -2.43. The van der Waals surface area contributed by atoms with Gasteiger partial charge >= 0.3 is 19.8 Å². The number of phosphoric acid groups is 1. The zero-order valence-electron chi connectivity index (χ0n) is 23.6. The lowest BCUT2D eigenvalue weighted by Crippen LogP contribution is -2.62. The number of nitrogens with zero attached hydrogens (tertiary/aromatic N) is 4. The maximum absolute atomic E-state index is 11.9. The predicted octanol–water partition coefficient (Wildman–Crippen LogP) is -6.39. The molecule has 4 heterocycles. The van der Waals surface area contributed by atoms with Crippen LogP contribution in [0.5, 0.6) is 0 Å². The van der Waals surface area contributed by atoms with Gasteiger partial charge in [-0.1, -0.05) is 0 Å². The molecule has 2 aromatic rings. The first-order chi connectivity index (χ1) is 22.0. The van der Waals surface area contributed by atoms with Crippen LogP contribution in [0.3, 0.4) is 0 Å². The van der Waals surface area contributed by atoms with Gasteiger partial charge in [0.2, 0.25) is 0 Å². The molecule has 2 aliphatic rings. The first-order valence-electron chi connectivity index (χ1n) is 13.4. The van der Waals surface area contributed by atoms with Crippen molar-refractivity contribution in [2.45, 2.75) is 79.7 Å². The molecule has 0 unspecified atom stereocenters. The standard InChI is InChI=1S/C22H32N5O19P/c23-17-7-18(25-3-24-17)27(4-26-7)19-10(31)8(29)6(43-19)2-42-14-5(1-28)44-22(11(32)9(14)30)45-16(21(37)38)12(33)15(13(34)20(35)36)46-47(39,40)41/h3-6,8-16,19,22,28-34H,1-2H2,(H,35,36)(H,37,38)(H2,23,24,25)(H2,39,40,41)/t5-,6-,8-,9-,10+,11-,12+,13-,14-,15-,16-,19-,22+/m0/s1. The highest BCUT2D eigenvalue weighted by Gasteiger charge is 2.51. The monoisotopic (exact) mass is 701 g/mol. The number of aromatic nitrogens is 4. The quantitative estimate of drug-likeness (QED) is 0.0814. The summed E-state index contributed by atoms with van der Waals surface area (Å²) >= 11 is 0. The van der Waals surface area contributed by atoms with E-state index < -0.39 is 113 Å². The molecule has 13 atom stereocenters. The Kier molecular flexibility index (Phi) is 11.4. The van der Waals surface area contributed by atoms with Crippen molar-refractivity contribution in [2.75, 3.05) is 18.9 Å². The van der Waals surface area contributed by atoms with Crippen molar-refractivity contribution < 1.29 is 93.4 Å². The minimum atomic E-state index is -5.64. The summed E-state index contributed by atoms with van der Waals surface area (Å²) < 4.78 is 38.2. The predicted molar refractivity (Wildman–Crippen MR) is 142 cm³/mol. The topological polar surface area (TPSA) is 390 Å². The molecule has 25 heteroatoms. The fourth-order valence-corrected chi connectivity index (χ4v) is 5.49. The Morgan fingerprint density at radius 2 is 1.66 bits per heavy atom. The van der Waals surface area contributed by atoms with Crippen LogP contribution in [0.15, 0.2) is 12.7 Å². The van der Waals surface area contributed by atoms with E-state index in [-0.39, 0.29) is 17.0 Å². The highest BCUT2D eigenvalue weighted by atomic mass is 31.2. The van der Waals surface area contributed by atoms with Crippen molar-refractivity contribution in [1.82, 2.24) is 19.5 Å². The van der Waals surface area contributed by atoms with E-state index in [0.29, 0.717) is 0 Å². The number of aliphatic hydroxyl groups is 7. The Morgan fingerprint density at radius 1 is 0.979 bits per heavy atom. The number of ether oxygens (including phenoxy) is 4. The van der Waals surface area contributed by atoms with Gasteiger partial charge in [-0.05, 0) is 0 Å². The Bertz CT molecular complexity index is 1460. The molecular formula is C22H32N5O19P. The van der Waals surface area contributed by atoms with E-state index in [1.54, 1.807) is 0 Å². The van der Waals surface area contributed by atoms with Gasteiger partial charge in [-0.15, -0.1) is 0 Å². The van der Waals surface area contributed by atoms with E-state index in [0.717, 1.165) is 6.33 Å². The fraction of sp³-hybridized carbons (Fsp3) is 0.682. The first kappa shape index (κ1) is 36.8. The molecule has 0 bridgehead atoms. The van der Waals surface area contributed by atoms with Gasteiger partial charge in [0.1, 0.15) is 66.8 Å². The number of nitrogens with two attached hydrogens (primary N) is 1. The van der Waals surface area contributed by atoms with Crippen molar-refractivity contribution in [1.29, 1.82) is 0 Å². The van der Waals surface area contributed by atoms with E-state index in [1.165, 1.54) is 10.9 Å². The van der Waals surface area contributed by atoms with Crippen LogP contribution in [0.25, 0.3) is 11.2 Å². The molecule has 0 saturated carbocycles. The van der Waals surface area contributed by atoms with Crippen molar-refractivity contribution in [3.05, 3.63) is 12.7 Å². The van der Waals surface area contributed by atoms with E-state index in [2.05, 4.69) is 19.5 Å². The number of rotatable bonds is 14. The van der Waals surface area contributed by atoms with E-state index in [4.69, 9.17) is 39.6 Å². The number of aliphatic carboxylic acids is 2. The van der Waals surface area contributed by atoms with Crippen LogP contribution < -0.4 is 5.73 Å². The third-order valence-electron chi connectivity index (χ3n) is 7.27. The number of imidazole rings is 1. The Morgan fingerprint density at radius 3 is 2.26 bits per heavy atom. The number of fused-ring (bicyclic) bond motifs is 1. The number of aliphatic hydroxyl groups excluding tert-OH is 7. The highest BCUT2D eigenvalue weighted by molar-refractivity contribution is 7.46. The maximum atomic E-state index is 11.9. The molecule has 0 spiro atoms. The molecule has 13 N–H and O–H groups in total. The number of carboxylic acid groups (broad SMARTS) is 2. The lowest BCUT2D eigenvalue weighted by molar-refractivity contribution is -0.324. The summed E-state index contributed by atoms with van der Waals surface area (Å²) in [5.74, 6) is -4.26. The summed E-state index contributed by atoms with van der Waals surface area (Å²) in [5.41, 5.74) is 6.13. The summed E-state index contributed by atoms with van der Waals surface area (Å²) in [6.07, 6.45) is -24.3. The highest BCUT2D eigenvalue weighted by Crippen LogP contribution is 2.40. The number of hydrogen-bond donors (Lipinski definition) is 12. The molecule has 4 rings (SSSR count). The Balaban J connectivity index is 1.45. The zero-order valence-corrected chi connectivity index (χ0v) is 24.5. The van der Waals surface area contributed by atoms with Crippen molar-refractivity contribution in [3.8, 4) is 0 Å². The smallest absolute Gasteiger partial charge is 0.470 e. The maximum Gasteiger partial charge on any atom is 0.470 e. The van der Waals surface area contributed by atoms with Crippen molar-refractivity contribution >= 4 is 36.7 Å². The molecule has 0 aromatic carbocycles. The summed E-state index contributed by atoms with van der Waals surface area (Å²) in [7, 11) is -5.64. The molecule has 2 aromatic heterocycles. The molecule has 0 radical (unpaired) electrons. The molecule has 24 nitrogen and oxygen atoms in total. The van der Waals surface area contributed by atoms with Crippen LogP contribution in [0.4, 0.5) is 5.82 Å². The third-order valence-corrected chi connectivity index (χ3v) is 7.78. The van der Waals surface area contributed by atoms with E-state index in [9.17, 15) is 55.0 Å². The normalized spacial score (nSPS) is 32.6. The van der Waals surface area contributed by atoms with Crippen LogP contribution in [-0.4, -0.2) is 174 Å². The van der Waals surface area contributed by atoms with Gasteiger partial charge in [0, 0.05) is 0 Å². The van der Waals surface area contributed by atoms with Crippen LogP contribution in [-0.2, 0) is 37.6 Å². The molecule has 47 heavy (non-hydrogen) atoms. The van der Waals surface area contributed by atoms with Gasteiger partial charge in [-0.3, -0.25) is 9.09 Å². The Labute approximate surface area is 261 Å². The van der Waals surface area contributed by atoms with Crippen molar-refractivity contribution in [2.24, 2.45) is 0 Å². The average Bonchev–Trinajstić information content (AvgIpc) is 3.55. The van der Waals surface area contributed by atoms with Crippen LogP contribution in [0, 0.1) is 0 Å². The van der Waals surface area contributed by atoms with Crippen molar-refractivity contribution in [3.63, 3.8) is 0 Å². The minimum Gasteiger partial charge on any atom is -0.479 e. The second-order valence-corrected chi connectivity index (χ2v) is 11.6. The van der Waals surface area contributed by atoms with Gasteiger partial charge < -0.3 is 80.4 Å². The number of carboxylic acids is 2. The second kappa shape index (κ2) is 14.6. The zero-order chi connectivity index (χ0) is 35.0. The van der Waals surface area contributed by atoms with Gasteiger partial charge in [-0.25, -0.2) is 29.1 Å². The average molecular weight is 701 g/mol. The number of carbonyl (C=O) groups is 2. The molecule has 2 aliphatic heterocycles. The number of anilines is 1. The van der Waals surface area contributed by atoms with E-state index >= 15 is 0 Å². The third kappa shape index (κ3) is 7.83. The first-order valence-corrected chi connectivity index (χ1v) is 14.9. The van der Waals surface area contributed by atoms with Gasteiger partial charge in [0.15, 0.2) is 36.2 Å². The van der Waals surface area contributed by atoms with Gasteiger partial charge in [0.25, 0.3) is 0 Å². The second-order valence-electron chi connectivity index (χ2n) is 10.4.